The van der Waals surface area contributed by atoms with Gasteiger partial charge in [-0.05, 0) is 55.4 Å². The summed E-state index contributed by atoms with van der Waals surface area (Å²) in [5.74, 6) is 1.59. The fourth-order valence-corrected chi connectivity index (χ4v) is 3.62. The zero-order chi connectivity index (χ0) is 11.1. The molecular formula is C14H22O. The lowest BCUT2D eigenvalue weighted by atomic mass is 9.58. The molecular weight excluding hydrogens is 184 g/mol. The molecule has 1 fully saturated rings. The van der Waals surface area contributed by atoms with Crippen LogP contribution in [0.1, 0.15) is 52.9 Å². The van der Waals surface area contributed by atoms with Crippen molar-refractivity contribution >= 4 is 6.29 Å². The van der Waals surface area contributed by atoms with Gasteiger partial charge in [0.25, 0.3) is 0 Å². The standard InChI is InChI=1S/C14H22O/c1-10-7-11-5-4-6-14(2,3)13(11)8-12(10)9-15/h9,11,13H,4-8H2,1-3H3/t11-,13-/m0/s1. The Morgan fingerprint density at radius 1 is 1.33 bits per heavy atom. The summed E-state index contributed by atoms with van der Waals surface area (Å²) in [6, 6.07) is 0. The first-order chi connectivity index (χ1) is 7.04. The van der Waals surface area contributed by atoms with E-state index in [4.69, 9.17) is 0 Å². The Kier molecular flexibility index (Phi) is 2.74. The van der Waals surface area contributed by atoms with Crippen LogP contribution >= 0.6 is 0 Å². The summed E-state index contributed by atoms with van der Waals surface area (Å²) in [5, 5.41) is 0. The molecule has 0 bridgehead atoms. The van der Waals surface area contributed by atoms with Gasteiger partial charge in [0.15, 0.2) is 0 Å². The number of carbonyl (C=O) groups is 1. The Balaban J connectivity index is 2.26. The maximum Gasteiger partial charge on any atom is 0.145 e. The van der Waals surface area contributed by atoms with Gasteiger partial charge in [0.2, 0.25) is 0 Å². The summed E-state index contributed by atoms with van der Waals surface area (Å²) in [5.41, 5.74) is 2.88. The van der Waals surface area contributed by atoms with E-state index >= 15 is 0 Å². The molecule has 0 heterocycles. The number of aldehydes is 1. The van der Waals surface area contributed by atoms with Gasteiger partial charge in [-0.3, -0.25) is 4.79 Å². The van der Waals surface area contributed by atoms with E-state index in [0.29, 0.717) is 5.41 Å². The zero-order valence-electron chi connectivity index (χ0n) is 10.2. The summed E-state index contributed by atoms with van der Waals surface area (Å²) >= 11 is 0. The molecule has 1 saturated carbocycles. The predicted octanol–water partition coefficient (Wildman–Crippen LogP) is 3.74. The minimum atomic E-state index is 0.442. The van der Waals surface area contributed by atoms with Gasteiger partial charge in [-0.2, -0.15) is 0 Å². The van der Waals surface area contributed by atoms with Gasteiger partial charge < -0.3 is 0 Å². The molecule has 0 saturated heterocycles. The number of rotatable bonds is 1. The van der Waals surface area contributed by atoms with Crippen molar-refractivity contribution in [2.75, 3.05) is 0 Å². The number of hydrogen-bond acceptors (Lipinski definition) is 1. The first kappa shape index (κ1) is 10.9. The molecule has 0 aromatic carbocycles. The van der Waals surface area contributed by atoms with Crippen LogP contribution in [0, 0.1) is 17.3 Å². The van der Waals surface area contributed by atoms with Crippen molar-refractivity contribution in [3.05, 3.63) is 11.1 Å². The predicted molar refractivity (Wildman–Crippen MR) is 62.6 cm³/mol. The van der Waals surface area contributed by atoms with E-state index in [9.17, 15) is 4.79 Å². The summed E-state index contributed by atoms with van der Waals surface area (Å²) in [7, 11) is 0. The van der Waals surface area contributed by atoms with Crippen molar-refractivity contribution in [3.63, 3.8) is 0 Å². The molecule has 0 aromatic rings. The van der Waals surface area contributed by atoms with Crippen LogP contribution in [0.5, 0.6) is 0 Å². The highest BCUT2D eigenvalue weighted by Crippen LogP contribution is 2.51. The second-order valence-corrected chi connectivity index (χ2v) is 6.08. The minimum absolute atomic E-state index is 0.442. The van der Waals surface area contributed by atoms with Crippen LogP contribution in [-0.2, 0) is 4.79 Å². The number of hydrogen-bond donors (Lipinski definition) is 0. The van der Waals surface area contributed by atoms with Crippen LogP contribution in [0.2, 0.25) is 0 Å². The van der Waals surface area contributed by atoms with Crippen molar-refractivity contribution in [1.82, 2.24) is 0 Å². The van der Waals surface area contributed by atoms with E-state index in [2.05, 4.69) is 20.8 Å². The maximum absolute atomic E-state index is 11.0. The molecule has 0 unspecified atom stereocenters. The van der Waals surface area contributed by atoms with Crippen molar-refractivity contribution in [2.45, 2.75) is 52.9 Å². The third kappa shape index (κ3) is 1.89. The molecule has 2 rings (SSSR count). The number of fused-ring (bicyclic) bond motifs is 1. The second-order valence-electron chi connectivity index (χ2n) is 6.08. The van der Waals surface area contributed by atoms with Crippen molar-refractivity contribution in [3.8, 4) is 0 Å². The second kappa shape index (κ2) is 3.77. The number of allylic oxidation sites excluding steroid dienone is 2. The average Bonchev–Trinajstić information content (AvgIpc) is 2.16. The van der Waals surface area contributed by atoms with Gasteiger partial charge in [0, 0.05) is 0 Å². The van der Waals surface area contributed by atoms with Gasteiger partial charge in [0.05, 0.1) is 0 Å². The lowest BCUT2D eigenvalue weighted by Crippen LogP contribution is -2.37. The van der Waals surface area contributed by atoms with Crippen LogP contribution < -0.4 is 0 Å². The molecule has 0 radical (unpaired) electrons. The molecule has 2 atom stereocenters. The fourth-order valence-electron chi connectivity index (χ4n) is 3.62. The van der Waals surface area contributed by atoms with Crippen LogP contribution in [0.3, 0.4) is 0 Å². The molecule has 1 nitrogen and oxygen atoms in total. The first-order valence-electron chi connectivity index (χ1n) is 6.18. The zero-order valence-corrected chi connectivity index (χ0v) is 10.2. The highest BCUT2D eigenvalue weighted by molar-refractivity contribution is 5.74. The van der Waals surface area contributed by atoms with E-state index in [0.717, 1.165) is 30.1 Å². The highest BCUT2D eigenvalue weighted by Gasteiger charge is 2.41. The molecule has 0 amide bonds. The van der Waals surface area contributed by atoms with E-state index in [1.165, 1.54) is 31.3 Å². The van der Waals surface area contributed by atoms with Gasteiger partial charge in [-0.15, -0.1) is 0 Å². The molecule has 15 heavy (non-hydrogen) atoms. The molecule has 0 N–H and O–H groups in total. The monoisotopic (exact) mass is 206 g/mol. The summed E-state index contributed by atoms with van der Waals surface area (Å²) in [6.07, 6.45) is 7.38. The lowest BCUT2D eigenvalue weighted by Gasteiger charge is -2.47. The molecule has 2 aliphatic rings. The maximum atomic E-state index is 11.0. The molecule has 0 aliphatic heterocycles. The van der Waals surface area contributed by atoms with Crippen molar-refractivity contribution in [1.29, 1.82) is 0 Å². The fraction of sp³-hybridized carbons (Fsp3) is 0.786. The third-order valence-corrected chi connectivity index (χ3v) is 4.67. The molecule has 0 spiro atoms. The Bertz CT molecular complexity index is 298. The van der Waals surface area contributed by atoms with E-state index < -0.39 is 0 Å². The van der Waals surface area contributed by atoms with Gasteiger partial charge in [-0.25, -0.2) is 0 Å². The molecule has 0 aromatic heterocycles. The van der Waals surface area contributed by atoms with Crippen LogP contribution in [0.15, 0.2) is 11.1 Å². The topological polar surface area (TPSA) is 17.1 Å². The Morgan fingerprint density at radius 2 is 2.07 bits per heavy atom. The van der Waals surface area contributed by atoms with Gasteiger partial charge in [-0.1, -0.05) is 25.8 Å². The van der Waals surface area contributed by atoms with E-state index in [-0.39, 0.29) is 0 Å². The largest absolute Gasteiger partial charge is 0.298 e. The Hall–Kier alpha value is -0.590. The van der Waals surface area contributed by atoms with E-state index in [1.54, 1.807) is 0 Å². The van der Waals surface area contributed by atoms with Gasteiger partial charge >= 0.3 is 0 Å². The third-order valence-electron chi connectivity index (χ3n) is 4.67. The summed E-state index contributed by atoms with van der Waals surface area (Å²) in [4.78, 5) is 11.0. The molecule has 84 valence electrons. The van der Waals surface area contributed by atoms with E-state index in [1.807, 2.05) is 0 Å². The smallest absolute Gasteiger partial charge is 0.145 e. The SMILES string of the molecule is CC1=C(C=O)C[C@H]2[C@@H](CCCC2(C)C)C1. The summed E-state index contributed by atoms with van der Waals surface area (Å²) < 4.78 is 0. The Labute approximate surface area is 92.9 Å². The highest BCUT2D eigenvalue weighted by atomic mass is 16.1. The van der Waals surface area contributed by atoms with Crippen LogP contribution in [0.25, 0.3) is 0 Å². The average molecular weight is 206 g/mol. The minimum Gasteiger partial charge on any atom is -0.298 e. The summed E-state index contributed by atoms with van der Waals surface area (Å²) in [6.45, 7) is 6.90. The van der Waals surface area contributed by atoms with Crippen molar-refractivity contribution in [2.24, 2.45) is 17.3 Å². The lowest BCUT2D eigenvalue weighted by molar-refractivity contribution is -0.105. The van der Waals surface area contributed by atoms with Crippen LogP contribution in [-0.4, -0.2) is 6.29 Å². The normalized spacial score (nSPS) is 34.9. The molecule has 2 aliphatic carbocycles. The Morgan fingerprint density at radius 3 is 2.73 bits per heavy atom. The molecule has 1 heteroatoms. The quantitative estimate of drug-likeness (QED) is 0.597. The van der Waals surface area contributed by atoms with Gasteiger partial charge in [0.1, 0.15) is 6.29 Å². The number of carbonyl (C=O) groups excluding carboxylic acids is 1. The first-order valence-corrected chi connectivity index (χ1v) is 6.18. The van der Waals surface area contributed by atoms with Crippen molar-refractivity contribution < 1.29 is 4.79 Å². The van der Waals surface area contributed by atoms with Crippen LogP contribution in [0.4, 0.5) is 0 Å².